The van der Waals surface area contributed by atoms with Gasteiger partial charge >= 0.3 is 5.97 Å². The summed E-state index contributed by atoms with van der Waals surface area (Å²) in [6, 6.07) is 0.108. The first-order chi connectivity index (χ1) is 21.6. The van der Waals surface area contributed by atoms with Crippen molar-refractivity contribution in [3.8, 4) is 0 Å². The van der Waals surface area contributed by atoms with Gasteiger partial charge in [0.25, 0.3) is 11.8 Å². The molecule has 15 nitrogen and oxygen atoms in total. The monoisotopic (exact) mass is 715 g/mol. The Morgan fingerprint density at radius 2 is 2.11 bits per heavy atom. The number of halogens is 1. The van der Waals surface area contributed by atoms with Crippen LogP contribution in [0.25, 0.3) is 0 Å². The molecule has 0 radical (unpaired) electrons. The maximum Gasteiger partial charge on any atom is 0.353 e. The lowest BCUT2D eigenvalue weighted by Crippen LogP contribution is -2.71. The first-order valence-corrected chi connectivity index (χ1v) is 17.6. The number of carbonyl (C=O) groups is 4. The lowest BCUT2D eigenvalue weighted by atomic mass is 10.0. The van der Waals surface area contributed by atoms with Crippen molar-refractivity contribution in [2.75, 3.05) is 30.3 Å². The third-order valence-corrected chi connectivity index (χ3v) is 11.3. The number of β-lactam (4-membered cyclic amide) rings is 1. The van der Waals surface area contributed by atoms with Crippen LogP contribution in [-0.2, 0) is 24.9 Å². The number of thiazole rings is 1. The van der Waals surface area contributed by atoms with Gasteiger partial charge in [-0.1, -0.05) is 39.9 Å². The average Bonchev–Trinajstić information content (AvgIpc) is 3.35. The summed E-state index contributed by atoms with van der Waals surface area (Å²) < 4.78 is 0.0289. The van der Waals surface area contributed by atoms with Gasteiger partial charge in [-0.05, 0) is 31.0 Å². The highest BCUT2D eigenvalue weighted by atomic mass is 35.5. The van der Waals surface area contributed by atoms with Crippen LogP contribution in [-0.4, -0.2) is 96.6 Å². The van der Waals surface area contributed by atoms with E-state index in [1.807, 2.05) is 0 Å². The van der Waals surface area contributed by atoms with E-state index in [4.69, 9.17) is 28.8 Å². The Morgan fingerprint density at radius 1 is 1.33 bits per heavy atom. The number of hydrogen-bond donors (Lipinski definition) is 7. The molecule has 2 aromatic heterocycles. The van der Waals surface area contributed by atoms with Crippen LogP contribution >= 0.6 is 58.2 Å². The molecule has 20 heteroatoms. The molecule has 2 aliphatic heterocycles. The second-order valence-electron chi connectivity index (χ2n) is 9.53. The number of nitrogens with zero attached hydrogens (tertiary/aromatic N) is 4. The number of carboxylic acids is 1. The number of rotatable bonds is 15. The fraction of sp³-hybridized carbons (Fsp3) is 0.400. The largest absolute Gasteiger partial charge is 0.477 e. The smallest absolute Gasteiger partial charge is 0.353 e. The highest BCUT2D eigenvalue weighted by molar-refractivity contribution is 8.06. The highest BCUT2D eigenvalue weighted by Gasteiger charge is 2.54. The number of nitrogens with one attached hydrogen (secondary N) is 2. The number of carbonyl (C=O) groups excluding carboxylic acids is 3. The topological polar surface area (TPSA) is 252 Å². The molecule has 242 valence electrons. The molecule has 4 heterocycles. The fourth-order valence-electron chi connectivity index (χ4n) is 4.33. The van der Waals surface area contributed by atoms with Gasteiger partial charge in [0.1, 0.15) is 27.1 Å². The predicted molar refractivity (Wildman–Crippen MR) is 175 cm³/mol. The van der Waals surface area contributed by atoms with E-state index in [1.54, 1.807) is 30.2 Å². The van der Waals surface area contributed by atoms with Crippen molar-refractivity contribution in [2.24, 2.45) is 16.6 Å². The van der Waals surface area contributed by atoms with Gasteiger partial charge in [0.2, 0.25) is 5.91 Å². The number of anilines is 1. The summed E-state index contributed by atoms with van der Waals surface area (Å²) in [7, 11) is 0. The van der Waals surface area contributed by atoms with Crippen molar-refractivity contribution >= 4 is 92.8 Å². The fourth-order valence-corrected chi connectivity index (χ4v) is 8.75. The number of nitrogen functional groups attached to an aromatic ring is 1. The predicted octanol–water partition coefficient (Wildman–Crippen LogP) is 0.856. The van der Waals surface area contributed by atoms with Gasteiger partial charge < -0.3 is 38.1 Å². The van der Waals surface area contributed by atoms with Gasteiger partial charge in [-0.2, -0.15) is 11.8 Å². The lowest BCUT2D eigenvalue weighted by molar-refractivity contribution is -0.150. The molecule has 45 heavy (non-hydrogen) atoms. The van der Waals surface area contributed by atoms with E-state index >= 15 is 0 Å². The quantitative estimate of drug-likeness (QED) is 0.0444. The van der Waals surface area contributed by atoms with Gasteiger partial charge in [-0.25, -0.2) is 9.78 Å². The van der Waals surface area contributed by atoms with Crippen molar-refractivity contribution in [3.05, 3.63) is 44.7 Å². The minimum atomic E-state index is -1.28. The zero-order valence-corrected chi connectivity index (χ0v) is 27.5. The Labute approximate surface area is 279 Å². The van der Waals surface area contributed by atoms with Crippen molar-refractivity contribution in [2.45, 2.75) is 40.9 Å². The van der Waals surface area contributed by atoms with Crippen LogP contribution in [0.4, 0.5) is 5.13 Å². The second-order valence-corrected chi connectivity index (χ2v) is 14.5. The van der Waals surface area contributed by atoms with Crippen molar-refractivity contribution < 1.29 is 29.5 Å². The van der Waals surface area contributed by atoms with Crippen LogP contribution in [0.15, 0.2) is 39.1 Å². The maximum atomic E-state index is 13.1. The van der Waals surface area contributed by atoms with Crippen molar-refractivity contribution in [3.63, 3.8) is 0 Å². The molecule has 1 saturated heterocycles. The molecule has 3 amide bonds. The summed E-state index contributed by atoms with van der Waals surface area (Å²) in [6.45, 7) is 0.905. The molecule has 10 N–H and O–H groups in total. The van der Waals surface area contributed by atoms with Crippen LogP contribution in [0.3, 0.4) is 0 Å². The third-order valence-electron chi connectivity index (χ3n) is 6.52. The molecule has 0 aromatic carbocycles. The van der Waals surface area contributed by atoms with Crippen molar-refractivity contribution in [1.29, 1.82) is 0 Å². The van der Waals surface area contributed by atoms with Crippen LogP contribution < -0.4 is 27.8 Å². The van der Waals surface area contributed by atoms with Crippen LogP contribution in [0.1, 0.15) is 24.1 Å². The van der Waals surface area contributed by atoms with E-state index in [-0.39, 0.29) is 32.5 Å². The molecule has 0 aliphatic carbocycles. The van der Waals surface area contributed by atoms with Crippen LogP contribution in [0.2, 0.25) is 4.34 Å². The van der Waals surface area contributed by atoms with Crippen molar-refractivity contribution in [1.82, 2.24) is 25.5 Å². The molecule has 0 unspecified atom stereocenters. The van der Waals surface area contributed by atoms with Crippen LogP contribution in [0.5, 0.6) is 0 Å². The van der Waals surface area contributed by atoms with E-state index in [9.17, 15) is 29.5 Å². The molecule has 3 atom stereocenters. The van der Waals surface area contributed by atoms with E-state index in [0.717, 1.165) is 26.7 Å². The van der Waals surface area contributed by atoms with Gasteiger partial charge in [0.05, 0.1) is 6.04 Å². The third kappa shape index (κ3) is 8.21. The normalized spacial score (nSPS) is 18.7. The Kier molecular flexibility index (Phi) is 12.3. The number of hydrogen-bond acceptors (Lipinski definition) is 15. The highest BCUT2D eigenvalue weighted by Crippen LogP contribution is 2.46. The standard InChI is InChI=1S/C25H30ClN9O6S4/c26-19-15(33-25(29)45-19)16(34-41)21(37)32-17-22(38)35-18(24(39)40)14(10-43-23(17)35)44-13-3-5-30-8-11(13)9-42-7-6-31-20(36)12(28)2-1-4-27/h3,5,8,12,17,23,41H,1-2,4,6-7,9-10,27-28H2,(H2,29,33)(H,31,36)(H,32,37)(H,39,40)/b34-16-/t12-,17+,23-/m0/s1. The van der Waals surface area contributed by atoms with Crippen LogP contribution in [0, 0.1) is 0 Å². The molecule has 0 bridgehead atoms. The number of oxime groups is 1. The Bertz CT molecular complexity index is 1520. The first-order valence-electron chi connectivity index (χ1n) is 13.3. The molecule has 0 saturated carbocycles. The number of aromatic nitrogens is 2. The second kappa shape index (κ2) is 16.0. The number of nitrogens with two attached hydrogens (primary N) is 3. The van der Waals surface area contributed by atoms with E-state index in [1.165, 1.54) is 23.5 Å². The number of thioether (sulfide) groups is 3. The summed E-state index contributed by atoms with van der Waals surface area (Å²) in [5.41, 5.74) is 17.0. The molecule has 2 aromatic rings. The summed E-state index contributed by atoms with van der Waals surface area (Å²) in [6.07, 6.45) is 4.49. The van der Waals surface area contributed by atoms with E-state index in [0.29, 0.717) is 42.3 Å². The summed E-state index contributed by atoms with van der Waals surface area (Å²) >= 11 is 11.0. The van der Waals surface area contributed by atoms with Gasteiger partial charge in [0, 0.05) is 46.0 Å². The minimum Gasteiger partial charge on any atom is -0.477 e. The zero-order valence-electron chi connectivity index (χ0n) is 23.5. The Balaban J connectivity index is 1.38. The number of aliphatic carboxylic acids is 1. The lowest BCUT2D eigenvalue weighted by Gasteiger charge is -2.49. The minimum absolute atomic E-state index is 0.0289. The van der Waals surface area contributed by atoms with E-state index in [2.05, 4.69) is 25.8 Å². The zero-order chi connectivity index (χ0) is 32.7. The number of carboxylic acid groups (broad SMARTS) is 1. The van der Waals surface area contributed by atoms with E-state index < -0.39 is 41.0 Å². The van der Waals surface area contributed by atoms with Gasteiger partial charge in [-0.3, -0.25) is 24.3 Å². The summed E-state index contributed by atoms with van der Waals surface area (Å²) in [4.78, 5) is 60.9. The number of amides is 3. The molecule has 2 aliphatic rings. The number of fused-ring (bicyclic) bond motifs is 1. The Morgan fingerprint density at radius 3 is 2.78 bits per heavy atom. The maximum absolute atomic E-state index is 13.1. The first kappa shape index (κ1) is 34.8. The molecule has 1 fully saturated rings. The Hall–Kier alpha value is -3.07. The summed E-state index contributed by atoms with van der Waals surface area (Å²) in [5, 5.41) is 27.1. The molecule has 0 spiro atoms. The molecule has 4 rings (SSSR count). The average molecular weight is 716 g/mol. The van der Waals surface area contributed by atoms with Gasteiger partial charge in [-0.15, -0.1) is 11.8 Å². The summed E-state index contributed by atoms with van der Waals surface area (Å²) in [5.74, 6) is -1.63. The SMILES string of the molecule is NCCC[C@H](N)C(=O)NCCSCc1cnccc1SC1=C(C(=O)O)N2C(=O)[C@@H](NC(=O)/C(=N\O)c3nc(N)sc3Cl)[C@@H]2SC1. The molecular weight excluding hydrogens is 686 g/mol. The number of pyridine rings is 1. The molecular formula is C25H30ClN9O6S4. The van der Waals surface area contributed by atoms with Gasteiger partial charge in [0.15, 0.2) is 10.8 Å².